The average Bonchev–Trinajstić information content (AvgIpc) is 3.26. The Balaban J connectivity index is 1.58. The molecule has 1 amide bonds. The molecule has 1 saturated heterocycles. The Hall–Kier alpha value is -2.56. The summed E-state index contributed by atoms with van der Waals surface area (Å²) in [5.41, 5.74) is 1.93. The summed E-state index contributed by atoms with van der Waals surface area (Å²) in [4.78, 5) is 14.8. The number of rotatable bonds is 3. The third-order valence-electron chi connectivity index (χ3n) is 4.48. The van der Waals surface area contributed by atoms with Gasteiger partial charge in [-0.3, -0.25) is 9.48 Å². The number of likely N-dealkylation sites (tertiary alicyclic amines) is 1. The highest BCUT2D eigenvalue weighted by atomic mass is 16.3. The van der Waals surface area contributed by atoms with Gasteiger partial charge in [-0.05, 0) is 44.0 Å². The van der Waals surface area contributed by atoms with E-state index in [-0.39, 0.29) is 11.9 Å². The van der Waals surface area contributed by atoms with Crippen LogP contribution in [0, 0.1) is 6.92 Å². The van der Waals surface area contributed by atoms with Gasteiger partial charge in [0, 0.05) is 24.3 Å². The Morgan fingerprint density at radius 1 is 1.39 bits per heavy atom. The number of benzene rings is 1. The number of carbonyl (C=O) groups excluding carboxylic acids is 1. The number of nitrogens with zero attached hydrogens (tertiary/aromatic N) is 3. The van der Waals surface area contributed by atoms with Crippen LogP contribution in [0.5, 0.6) is 0 Å². The number of aromatic nitrogens is 2. The lowest BCUT2D eigenvalue weighted by Gasteiger charge is -2.23. The van der Waals surface area contributed by atoms with Crippen molar-refractivity contribution in [3.05, 3.63) is 54.0 Å². The van der Waals surface area contributed by atoms with Gasteiger partial charge in [0.2, 0.25) is 0 Å². The monoisotopic (exact) mass is 309 g/mol. The molecular formula is C18H19N3O2. The molecule has 0 N–H and O–H groups in total. The van der Waals surface area contributed by atoms with Crippen molar-refractivity contribution >= 4 is 16.9 Å². The second-order valence-electron chi connectivity index (χ2n) is 6.17. The van der Waals surface area contributed by atoms with E-state index in [1.807, 2.05) is 53.0 Å². The van der Waals surface area contributed by atoms with Gasteiger partial charge in [0.25, 0.3) is 5.91 Å². The molecule has 5 heteroatoms. The molecule has 1 fully saturated rings. The van der Waals surface area contributed by atoms with Crippen LogP contribution in [-0.2, 0) is 6.54 Å². The molecule has 1 aromatic carbocycles. The molecular weight excluding hydrogens is 290 g/mol. The number of carbonyl (C=O) groups is 1. The van der Waals surface area contributed by atoms with E-state index in [2.05, 4.69) is 5.10 Å². The number of aryl methyl sites for hydroxylation is 1. The lowest BCUT2D eigenvalue weighted by molar-refractivity contribution is 0.0691. The predicted molar refractivity (Wildman–Crippen MR) is 87.2 cm³/mol. The molecule has 0 saturated carbocycles. The number of furan rings is 1. The Labute approximate surface area is 134 Å². The number of hydrogen-bond acceptors (Lipinski definition) is 3. The van der Waals surface area contributed by atoms with Crippen LogP contribution in [-0.4, -0.2) is 33.2 Å². The van der Waals surface area contributed by atoms with E-state index in [0.717, 1.165) is 42.5 Å². The van der Waals surface area contributed by atoms with Crippen LogP contribution in [0.4, 0.5) is 0 Å². The fourth-order valence-corrected chi connectivity index (χ4v) is 3.33. The van der Waals surface area contributed by atoms with Crippen molar-refractivity contribution in [3.63, 3.8) is 0 Å². The summed E-state index contributed by atoms with van der Waals surface area (Å²) in [5, 5.41) is 5.23. The van der Waals surface area contributed by atoms with Gasteiger partial charge in [0.05, 0.1) is 12.6 Å². The van der Waals surface area contributed by atoms with Crippen LogP contribution < -0.4 is 0 Å². The highest BCUT2D eigenvalue weighted by molar-refractivity contribution is 5.96. The van der Waals surface area contributed by atoms with Crippen molar-refractivity contribution < 1.29 is 9.21 Å². The minimum atomic E-state index is -0.0199. The fraction of sp³-hybridized carbons (Fsp3) is 0.333. The molecule has 0 radical (unpaired) electrons. The molecule has 0 bridgehead atoms. The van der Waals surface area contributed by atoms with E-state index >= 15 is 0 Å². The van der Waals surface area contributed by atoms with Gasteiger partial charge in [-0.1, -0.05) is 11.6 Å². The summed E-state index contributed by atoms with van der Waals surface area (Å²) in [6.45, 7) is 3.55. The SMILES string of the molecule is Cc1ccc2oc(C(=O)N3CCCC3Cn3cccn3)cc2c1. The molecule has 1 aliphatic heterocycles. The Morgan fingerprint density at radius 2 is 2.30 bits per heavy atom. The second kappa shape index (κ2) is 5.57. The molecule has 23 heavy (non-hydrogen) atoms. The van der Waals surface area contributed by atoms with Crippen LogP contribution in [0.2, 0.25) is 0 Å². The van der Waals surface area contributed by atoms with Crippen LogP contribution in [0.15, 0.2) is 47.1 Å². The van der Waals surface area contributed by atoms with Gasteiger partial charge in [-0.2, -0.15) is 5.10 Å². The van der Waals surface area contributed by atoms with Crippen LogP contribution in [0.3, 0.4) is 0 Å². The van der Waals surface area contributed by atoms with Gasteiger partial charge in [-0.15, -0.1) is 0 Å². The maximum Gasteiger partial charge on any atom is 0.289 e. The first-order valence-electron chi connectivity index (χ1n) is 7.99. The zero-order valence-electron chi connectivity index (χ0n) is 13.1. The third-order valence-corrected chi connectivity index (χ3v) is 4.48. The van der Waals surface area contributed by atoms with E-state index in [1.165, 1.54) is 0 Å². The van der Waals surface area contributed by atoms with Crippen molar-refractivity contribution in [3.8, 4) is 0 Å². The fourth-order valence-electron chi connectivity index (χ4n) is 3.33. The first-order chi connectivity index (χ1) is 11.2. The topological polar surface area (TPSA) is 51.3 Å². The maximum absolute atomic E-state index is 12.8. The quantitative estimate of drug-likeness (QED) is 0.746. The minimum Gasteiger partial charge on any atom is -0.451 e. The molecule has 0 spiro atoms. The summed E-state index contributed by atoms with van der Waals surface area (Å²) in [7, 11) is 0. The average molecular weight is 309 g/mol. The van der Waals surface area contributed by atoms with Gasteiger partial charge >= 0.3 is 0 Å². The van der Waals surface area contributed by atoms with Crippen molar-refractivity contribution in [1.29, 1.82) is 0 Å². The number of fused-ring (bicyclic) bond motifs is 1. The number of amides is 1. The lowest BCUT2D eigenvalue weighted by Crippen LogP contribution is -2.38. The zero-order chi connectivity index (χ0) is 15.8. The van der Waals surface area contributed by atoms with E-state index in [0.29, 0.717) is 5.76 Å². The Kier molecular flexibility index (Phi) is 3.41. The Morgan fingerprint density at radius 3 is 3.13 bits per heavy atom. The summed E-state index contributed by atoms with van der Waals surface area (Å²) in [5.74, 6) is 0.409. The molecule has 1 aliphatic rings. The van der Waals surface area contributed by atoms with E-state index < -0.39 is 0 Å². The molecule has 3 heterocycles. The van der Waals surface area contributed by atoms with Gasteiger partial charge < -0.3 is 9.32 Å². The third kappa shape index (κ3) is 2.63. The first-order valence-corrected chi connectivity index (χ1v) is 7.99. The molecule has 1 unspecified atom stereocenters. The summed E-state index contributed by atoms with van der Waals surface area (Å²) in [6.07, 6.45) is 5.73. The minimum absolute atomic E-state index is 0.0199. The first kappa shape index (κ1) is 14.1. The highest BCUT2D eigenvalue weighted by Gasteiger charge is 2.31. The maximum atomic E-state index is 12.8. The van der Waals surface area contributed by atoms with Gasteiger partial charge in [-0.25, -0.2) is 0 Å². The zero-order valence-corrected chi connectivity index (χ0v) is 13.1. The van der Waals surface area contributed by atoms with Gasteiger partial charge in [0.1, 0.15) is 5.58 Å². The lowest BCUT2D eigenvalue weighted by atomic mass is 10.2. The van der Waals surface area contributed by atoms with Crippen molar-refractivity contribution in [2.75, 3.05) is 6.54 Å². The molecule has 118 valence electrons. The van der Waals surface area contributed by atoms with E-state index in [4.69, 9.17) is 4.42 Å². The van der Waals surface area contributed by atoms with Crippen LogP contribution in [0.1, 0.15) is 29.0 Å². The van der Waals surface area contributed by atoms with E-state index in [9.17, 15) is 4.79 Å². The van der Waals surface area contributed by atoms with Gasteiger partial charge in [0.15, 0.2) is 5.76 Å². The molecule has 1 atom stereocenters. The van der Waals surface area contributed by atoms with Crippen LogP contribution in [0.25, 0.3) is 11.0 Å². The predicted octanol–water partition coefficient (Wildman–Crippen LogP) is 3.24. The van der Waals surface area contributed by atoms with Crippen LogP contribution >= 0.6 is 0 Å². The molecule has 4 rings (SSSR count). The highest BCUT2D eigenvalue weighted by Crippen LogP contribution is 2.25. The summed E-state index contributed by atoms with van der Waals surface area (Å²) in [6, 6.07) is 9.90. The van der Waals surface area contributed by atoms with Crippen molar-refractivity contribution in [2.45, 2.75) is 32.4 Å². The summed E-state index contributed by atoms with van der Waals surface area (Å²) >= 11 is 0. The molecule has 2 aromatic heterocycles. The number of hydrogen-bond donors (Lipinski definition) is 0. The normalized spacial score (nSPS) is 18.0. The largest absolute Gasteiger partial charge is 0.451 e. The smallest absolute Gasteiger partial charge is 0.289 e. The summed E-state index contributed by atoms with van der Waals surface area (Å²) < 4.78 is 7.65. The second-order valence-corrected chi connectivity index (χ2v) is 6.17. The van der Waals surface area contributed by atoms with Crippen molar-refractivity contribution in [2.24, 2.45) is 0 Å². The molecule has 5 nitrogen and oxygen atoms in total. The standard InChI is InChI=1S/C18H19N3O2/c1-13-5-6-16-14(10-13)11-17(23-16)18(22)21-9-2-4-15(21)12-20-8-3-7-19-20/h3,5-8,10-11,15H,2,4,9,12H2,1H3. The molecule has 0 aliphatic carbocycles. The van der Waals surface area contributed by atoms with E-state index in [1.54, 1.807) is 6.20 Å². The Bertz CT molecular complexity index is 835. The van der Waals surface area contributed by atoms with Crippen molar-refractivity contribution in [1.82, 2.24) is 14.7 Å². The molecule has 3 aromatic rings.